The Morgan fingerprint density at radius 1 is 1.33 bits per heavy atom. The Kier molecular flexibility index (Phi) is 3.52. The molecule has 0 bridgehead atoms. The zero-order valence-corrected chi connectivity index (χ0v) is 11.7. The van der Waals surface area contributed by atoms with Crippen LogP contribution in [-0.4, -0.2) is 21.1 Å². The number of hydrogen-bond acceptors (Lipinski definition) is 3. The van der Waals surface area contributed by atoms with Crippen molar-refractivity contribution in [2.75, 3.05) is 0 Å². The molecule has 1 aromatic heterocycles. The first-order valence-corrected chi connectivity index (χ1v) is 6.26. The van der Waals surface area contributed by atoms with Gasteiger partial charge >= 0.3 is 0 Å². The molecule has 18 heavy (non-hydrogen) atoms. The second kappa shape index (κ2) is 4.94. The molecule has 1 heterocycles. The van der Waals surface area contributed by atoms with Crippen LogP contribution in [0.25, 0.3) is 0 Å². The highest BCUT2D eigenvalue weighted by atomic mass is 79.9. The van der Waals surface area contributed by atoms with E-state index in [0.717, 1.165) is 4.47 Å². The number of rotatable bonds is 3. The third-order valence-corrected chi connectivity index (χ3v) is 2.97. The molecule has 0 atom stereocenters. The van der Waals surface area contributed by atoms with Crippen molar-refractivity contribution in [3.8, 4) is 5.75 Å². The average molecular weight is 309 g/mol. The fraction of sp³-hybridized carbons (Fsp3) is 0.231. The van der Waals surface area contributed by atoms with Gasteiger partial charge in [0, 0.05) is 16.9 Å². The summed E-state index contributed by atoms with van der Waals surface area (Å²) in [4.78, 5) is 16.0. The average Bonchev–Trinajstić information content (AvgIpc) is 2.84. The van der Waals surface area contributed by atoms with Crippen LogP contribution < -0.4 is 4.74 Å². The predicted octanol–water partition coefficient (Wildman–Crippen LogP) is 3.14. The molecule has 0 aliphatic rings. The van der Waals surface area contributed by atoms with Crippen LogP contribution in [0.1, 0.15) is 18.6 Å². The van der Waals surface area contributed by atoms with E-state index < -0.39 is 5.60 Å². The number of imidazole rings is 1. The SMILES string of the molecule is CC(C)(Oc1ccc(Br)cc1)C(=O)n1ccnc1. The first-order chi connectivity index (χ1) is 8.49. The Morgan fingerprint density at radius 2 is 2.00 bits per heavy atom. The minimum atomic E-state index is -0.950. The summed E-state index contributed by atoms with van der Waals surface area (Å²) in [7, 11) is 0. The number of halogens is 1. The fourth-order valence-electron chi connectivity index (χ4n) is 1.53. The quantitative estimate of drug-likeness (QED) is 0.875. The summed E-state index contributed by atoms with van der Waals surface area (Å²) in [5.74, 6) is 0.486. The number of nitrogens with zero attached hydrogens (tertiary/aromatic N) is 2. The van der Waals surface area contributed by atoms with Crippen LogP contribution in [0.15, 0.2) is 47.5 Å². The van der Waals surface area contributed by atoms with Gasteiger partial charge in [-0.25, -0.2) is 4.98 Å². The van der Waals surface area contributed by atoms with Gasteiger partial charge in [-0.05, 0) is 38.1 Å². The Bertz CT molecular complexity index is 533. The number of hydrogen-bond donors (Lipinski definition) is 0. The van der Waals surface area contributed by atoms with Crippen LogP contribution in [0.2, 0.25) is 0 Å². The number of benzene rings is 1. The topological polar surface area (TPSA) is 44.1 Å². The van der Waals surface area contributed by atoms with Crippen molar-refractivity contribution in [3.05, 3.63) is 47.5 Å². The number of ether oxygens (including phenoxy) is 1. The molecule has 0 spiro atoms. The first-order valence-electron chi connectivity index (χ1n) is 5.46. The molecular formula is C13H13BrN2O2. The van der Waals surface area contributed by atoms with Crippen LogP contribution in [-0.2, 0) is 0 Å². The third kappa shape index (κ3) is 2.79. The van der Waals surface area contributed by atoms with Crippen molar-refractivity contribution in [2.45, 2.75) is 19.4 Å². The number of aromatic nitrogens is 2. The molecule has 0 fully saturated rings. The second-order valence-electron chi connectivity index (χ2n) is 4.34. The summed E-state index contributed by atoms with van der Waals surface area (Å²) in [6, 6.07) is 7.36. The van der Waals surface area contributed by atoms with E-state index >= 15 is 0 Å². The molecule has 1 aromatic carbocycles. The summed E-state index contributed by atoms with van der Waals surface area (Å²) in [5.41, 5.74) is -0.950. The maximum absolute atomic E-state index is 12.2. The first kappa shape index (κ1) is 12.8. The Labute approximate surface area is 114 Å². The van der Waals surface area contributed by atoms with Gasteiger partial charge in [-0.3, -0.25) is 9.36 Å². The molecule has 0 saturated heterocycles. The zero-order valence-electron chi connectivity index (χ0n) is 10.1. The molecule has 5 heteroatoms. The number of carbonyl (C=O) groups is 1. The van der Waals surface area contributed by atoms with Gasteiger partial charge < -0.3 is 4.74 Å². The van der Waals surface area contributed by atoms with E-state index in [0.29, 0.717) is 5.75 Å². The van der Waals surface area contributed by atoms with E-state index in [2.05, 4.69) is 20.9 Å². The highest BCUT2D eigenvalue weighted by Crippen LogP contribution is 2.22. The van der Waals surface area contributed by atoms with Crippen LogP contribution in [0.3, 0.4) is 0 Å². The van der Waals surface area contributed by atoms with Gasteiger partial charge in [0.15, 0.2) is 5.60 Å². The number of carbonyl (C=O) groups excluding carboxylic acids is 1. The zero-order chi connectivity index (χ0) is 13.2. The standard InChI is InChI=1S/C13H13BrN2O2/c1-13(2,12(17)16-8-7-15-9-16)18-11-5-3-10(14)4-6-11/h3-9H,1-2H3. The van der Waals surface area contributed by atoms with Gasteiger partial charge in [0.05, 0.1) is 0 Å². The van der Waals surface area contributed by atoms with Crippen molar-refractivity contribution in [3.63, 3.8) is 0 Å². The van der Waals surface area contributed by atoms with E-state index in [1.54, 1.807) is 26.2 Å². The van der Waals surface area contributed by atoms with Gasteiger partial charge in [-0.2, -0.15) is 0 Å². The monoisotopic (exact) mass is 308 g/mol. The van der Waals surface area contributed by atoms with Crippen LogP contribution in [0.4, 0.5) is 0 Å². The Balaban J connectivity index is 2.16. The van der Waals surface area contributed by atoms with Crippen LogP contribution >= 0.6 is 15.9 Å². The summed E-state index contributed by atoms with van der Waals surface area (Å²) < 4.78 is 8.11. The lowest BCUT2D eigenvalue weighted by Gasteiger charge is -2.24. The van der Waals surface area contributed by atoms with Gasteiger partial charge in [-0.1, -0.05) is 15.9 Å². The molecule has 0 aliphatic carbocycles. The molecule has 0 amide bonds. The van der Waals surface area contributed by atoms with Gasteiger partial charge in [0.2, 0.25) is 0 Å². The lowest BCUT2D eigenvalue weighted by atomic mass is 10.1. The highest BCUT2D eigenvalue weighted by molar-refractivity contribution is 9.10. The third-order valence-electron chi connectivity index (χ3n) is 2.44. The largest absolute Gasteiger partial charge is 0.478 e. The molecule has 94 valence electrons. The smallest absolute Gasteiger partial charge is 0.275 e. The summed E-state index contributed by atoms with van der Waals surface area (Å²) in [6.45, 7) is 3.47. The normalized spacial score (nSPS) is 11.3. The van der Waals surface area contributed by atoms with Crippen LogP contribution in [0, 0.1) is 0 Å². The molecule has 4 nitrogen and oxygen atoms in total. The van der Waals surface area contributed by atoms with Gasteiger partial charge in [-0.15, -0.1) is 0 Å². The molecule has 2 aromatic rings. The summed E-state index contributed by atoms with van der Waals surface area (Å²) in [5, 5.41) is 0. The Morgan fingerprint density at radius 3 is 2.56 bits per heavy atom. The minimum Gasteiger partial charge on any atom is -0.478 e. The maximum atomic E-state index is 12.2. The Hall–Kier alpha value is -1.62. The van der Waals surface area contributed by atoms with Crippen molar-refractivity contribution in [1.29, 1.82) is 0 Å². The predicted molar refractivity (Wildman–Crippen MR) is 71.7 cm³/mol. The van der Waals surface area contributed by atoms with Crippen molar-refractivity contribution < 1.29 is 9.53 Å². The summed E-state index contributed by atoms with van der Waals surface area (Å²) in [6.07, 6.45) is 4.64. The molecular weight excluding hydrogens is 296 g/mol. The van der Waals surface area contributed by atoms with E-state index in [9.17, 15) is 4.79 Å². The van der Waals surface area contributed by atoms with E-state index in [4.69, 9.17) is 4.74 Å². The molecule has 0 saturated carbocycles. The minimum absolute atomic E-state index is 0.164. The highest BCUT2D eigenvalue weighted by Gasteiger charge is 2.31. The lowest BCUT2D eigenvalue weighted by molar-refractivity contribution is 0.0487. The molecule has 0 aliphatic heterocycles. The van der Waals surface area contributed by atoms with Crippen molar-refractivity contribution >= 4 is 21.8 Å². The van der Waals surface area contributed by atoms with Crippen molar-refractivity contribution in [1.82, 2.24) is 9.55 Å². The maximum Gasteiger partial charge on any atom is 0.275 e. The molecule has 2 rings (SSSR count). The second-order valence-corrected chi connectivity index (χ2v) is 5.26. The van der Waals surface area contributed by atoms with Gasteiger partial charge in [0.25, 0.3) is 5.91 Å². The fourth-order valence-corrected chi connectivity index (χ4v) is 1.80. The lowest BCUT2D eigenvalue weighted by Crippen LogP contribution is -2.41. The molecule has 0 N–H and O–H groups in total. The molecule has 0 radical (unpaired) electrons. The van der Waals surface area contributed by atoms with E-state index in [1.807, 2.05) is 24.3 Å². The van der Waals surface area contributed by atoms with E-state index in [-0.39, 0.29) is 5.91 Å². The van der Waals surface area contributed by atoms with Crippen LogP contribution in [0.5, 0.6) is 5.75 Å². The van der Waals surface area contributed by atoms with Crippen molar-refractivity contribution in [2.24, 2.45) is 0 Å². The van der Waals surface area contributed by atoms with E-state index in [1.165, 1.54) is 10.9 Å². The summed E-state index contributed by atoms with van der Waals surface area (Å²) >= 11 is 3.35. The van der Waals surface area contributed by atoms with Gasteiger partial charge in [0.1, 0.15) is 12.1 Å². The molecule has 0 unspecified atom stereocenters.